The molecule has 0 aromatic rings. The fourth-order valence-electron chi connectivity index (χ4n) is 8.98. The van der Waals surface area contributed by atoms with E-state index in [-0.39, 0.29) is 43.7 Å². The lowest BCUT2D eigenvalue weighted by Crippen LogP contribution is -2.61. The predicted octanol–water partition coefficient (Wildman–Crippen LogP) is 3.26. The Hall–Kier alpha value is -1.76. The van der Waals surface area contributed by atoms with E-state index in [1.165, 1.54) is 14.0 Å². The minimum Gasteiger partial charge on any atom is -0.459 e. The van der Waals surface area contributed by atoms with E-state index in [9.17, 15) is 30.4 Å². The minimum absolute atomic E-state index is 0.0771. The molecule has 3 fully saturated rings. The molecule has 3 aliphatic heterocycles. The minimum atomic E-state index is -1.95. The zero-order chi connectivity index (χ0) is 41.8. The van der Waals surface area contributed by atoms with Crippen LogP contribution < -0.4 is 0 Å². The lowest BCUT2D eigenvalue weighted by molar-refractivity contribution is -0.320. The quantitative estimate of drug-likeness (QED) is 0.0936. The van der Waals surface area contributed by atoms with E-state index in [0.717, 1.165) is 0 Å². The summed E-state index contributed by atoms with van der Waals surface area (Å²) in [6, 6.07) is -0.299. The van der Waals surface area contributed by atoms with Gasteiger partial charge in [-0.05, 0) is 74.9 Å². The van der Waals surface area contributed by atoms with Gasteiger partial charge in [0.1, 0.15) is 23.9 Å². The first-order chi connectivity index (χ1) is 25.5. The molecule has 0 amide bonds. The second-order valence-electron chi connectivity index (χ2n) is 17.1. The summed E-state index contributed by atoms with van der Waals surface area (Å²) in [5, 5.41) is 60.2. The molecule has 3 heterocycles. The summed E-state index contributed by atoms with van der Waals surface area (Å²) in [6.45, 7) is 21.3. The maximum absolute atomic E-state index is 14.3. The highest BCUT2D eigenvalue weighted by molar-refractivity contribution is 5.88. The van der Waals surface area contributed by atoms with Crippen LogP contribution in [0.5, 0.6) is 0 Å². The highest BCUT2D eigenvalue weighted by Gasteiger charge is 2.54. The summed E-state index contributed by atoms with van der Waals surface area (Å²) in [4.78, 5) is 16.2. The van der Waals surface area contributed by atoms with Crippen molar-refractivity contribution in [2.24, 2.45) is 28.8 Å². The number of rotatable bonds is 10. The van der Waals surface area contributed by atoms with Gasteiger partial charge >= 0.3 is 5.97 Å². The van der Waals surface area contributed by atoms with Gasteiger partial charge in [-0.15, -0.1) is 6.58 Å². The first kappa shape index (κ1) is 47.6. The van der Waals surface area contributed by atoms with Crippen molar-refractivity contribution < 1.29 is 63.6 Å². The van der Waals surface area contributed by atoms with Gasteiger partial charge in [0.15, 0.2) is 12.6 Å². The van der Waals surface area contributed by atoms with Gasteiger partial charge in [-0.1, -0.05) is 38.9 Å². The predicted molar refractivity (Wildman–Crippen MR) is 204 cm³/mol. The van der Waals surface area contributed by atoms with Crippen LogP contribution in [0, 0.1) is 23.7 Å². The molecule has 3 rings (SSSR count). The van der Waals surface area contributed by atoms with Crippen molar-refractivity contribution in [1.82, 2.24) is 4.90 Å². The monoisotopic (exact) mass is 789 g/mol. The van der Waals surface area contributed by atoms with Gasteiger partial charge in [-0.2, -0.15) is 0 Å². The standard InChI is InChI=1S/C40H72N2O13/c1-15-17-50-39(10)19-21(3)30(41-48)23(5)33(44)40(11,47)28(16-2)53-36(46)25(7)32(54-29-20-38(9,49-14)34(45)26(8)52-29)24(6)35(39)55-37-31(43)27(42(12)13)18-22(4)51-37/h15,21-29,31-35,37,43-45,47-48H,1,16-20H2,2-14H3/b41-30+/t21-,22-,23+,24+,25-,26+,27+,28-,29+,31-,32+,33-,34+,35-,37+,38-,39-,40-/m1/s1. The van der Waals surface area contributed by atoms with Crippen molar-refractivity contribution in [1.29, 1.82) is 0 Å². The van der Waals surface area contributed by atoms with Crippen LogP contribution in [0.15, 0.2) is 17.8 Å². The number of methoxy groups -OCH3 is 1. The van der Waals surface area contributed by atoms with Crippen LogP contribution in [0.2, 0.25) is 0 Å². The molecular weight excluding hydrogens is 716 g/mol. The van der Waals surface area contributed by atoms with Crippen LogP contribution in [0.1, 0.15) is 94.9 Å². The molecule has 18 atom stereocenters. The summed E-state index contributed by atoms with van der Waals surface area (Å²) in [5.74, 6) is -3.94. The Balaban J connectivity index is 2.30. The number of hydrogen-bond donors (Lipinski definition) is 5. The van der Waals surface area contributed by atoms with Crippen LogP contribution >= 0.6 is 0 Å². The number of aliphatic hydroxyl groups excluding tert-OH is 3. The third-order valence-electron chi connectivity index (χ3n) is 12.5. The average Bonchev–Trinajstić information content (AvgIpc) is 3.12. The fraction of sp³-hybridized carbons (Fsp3) is 0.900. The van der Waals surface area contributed by atoms with E-state index in [1.54, 1.807) is 40.7 Å². The van der Waals surface area contributed by atoms with Gasteiger partial charge in [0.25, 0.3) is 0 Å². The highest BCUT2D eigenvalue weighted by Crippen LogP contribution is 2.42. The Morgan fingerprint density at radius 2 is 1.60 bits per heavy atom. The van der Waals surface area contributed by atoms with Gasteiger partial charge in [0.2, 0.25) is 0 Å². The molecule has 0 aliphatic carbocycles. The van der Waals surface area contributed by atoms with Crippen molar-refractivity contribution in [2.75, 3.05) is 27.8 Å². The van der Waals surface area contributed by atoms with E-state index in [1.807, 2.05) is 46.7 Å². The summed E-state index contributed by atoms with van der Waals surface area (Å²) in [7, 11) is 5.26. The zero-order valence-corrected chi connectivity index (χ0v) is 35.4. The Labute approximate surface area is 328 Å². The Morgan fingerprint density at radius 3 is 2.15 bits per heavy atom. The van der Waals surface area contributed by atoms with Crippen LogP contribution in [-0.2, 0) is 38.0 Å². The first-order valence-corrected chi connectivity index (χ1v) is 19.8. The van der Waals surface area contributed by atoms with Crippen LogP contribution in [0.25, 0.3) is 0 Å². The van der Waals surface area contributed by atoms with Gasteiger partial charge < -0.3 is 63.7 Å². The lowest BCUT2D eigenvalue weighted by atomic mass is 9.73. The van der Waals surface area contributed by atoms with E-state index >= 15 is 0 Å². The summed E-state index contributed by atoms with van der Waals surface area (Å²) >= 11 is 0. The van der Waals surface area contributed by atoms with Gasteiger partial charge in [0.05, 0.1) is 60.0 Å². The summed E-state index contributed by atoms with van der Waals surface area (Å²) < 4.78 is 44.6. The molecule has 3 aliphatic rings. The normalized spacial score (nSPS) is 47.6. The number of ether oxygens (including phenoxy) is 7. The molecule has 0 saturated carbocycles. The number of carbonyl (C=O) groups excluding carboxylic acids is 1. The van der Waals surface area contributed by atoms with Crippen molar-refractivity contribution in [3.63, 3.8) is 0 Å². The topological polar surface area (TPSA) is 198 Å². The van der Waals surface area contributed by atoms with E-state index in [2.05, 4.69) is 11.7 Å². The van der Waals surface area contributed by atoms with Crippen molar-refractivity contribution in [2.45, 2.75) is 179 Å². The number of nitrogens with zero attached hydrogens (tertiary/aromatic N) is 2. The smallest absolute Gasteiger partial charge is 0.311 e. The molecular formula is C40H72N2O13. The molecule has 0 aromatic heterocycles. The highest BCUT2D eigenvalue weighted by atomic mass is 16.7. The maximum atomic E-state index is 14.3. The van der Waals surface area contributed by atoms with Crippen molar-refractivity contribution >= 4 is 11.7 Å². The number of cyclic esters (lactones) is 1. The molecule has 0 radical (unpaired) electrons. The third kappa shape index (κ3) is 10.5. The molecule has 0 spiro atoms. The van der Waals surface area contributed by atoms with Gasteiger partial charge in [-0.25, -0.2) is 0 Å². The number of esters is 1. The van der Waals surface area contributed by atoms with E-state index in [4.69, 9.17) is 33.2 Å². The fourth-order valence-corrected chi connectivity index (χ4v) is 8.98. The number of likely N-dealkylation sites (N-methyl/N-ethyl adjacent to an activating group) is 1. The maximum Gasteiger partial charge on any atom is 0.311 e. The summed E-state index contributed by atoms with van der Waals surface area (Å²) in [5.41, 5.74) is -4.09. The molecule has 320 valence electrons. The number of aliphatic hydroxyl groups is 4. The Bertz CT molecular complexity index is 1290. The second-order valence-corrected chi connectivity index (χ2v) is 17.1. The van der Waals surface area contributed by atoms with Crippen LogP contribution in [-0.4, -0.2) is 154 Å². The largest absolute Gasteiger partial charge is 0.459 e. The molecule has 0 aromatic carbocycles. The van der Waals surface area contributed by atoms with E-state index in [0.29, 0.717) is 6.42 Å². The molecule has 15 nitrogen and oxygen atoms in total. The first-order valence-electron chi connectivity index (χ1n) is 19.8. The number of oxime groups is 1. The van der Waals surface area contributed by atoms with E-state index < -0.39 is 102 Å². The Kier molecular flexibility index (Phi) is 16.7. The summed E-state index contributed by atoms with van der Waals surface area (Å²) in [6.07, 6.45) is -7.20. The molecule has 0 unspecified atom stereocenters. The molecule has 3 saturated heterocycles. The van der Waals surface area contributed by atoms with Gasteiger partial charge in [0, 0.05) is 37.3 Å². The number of hydrogen-bond acceptors (Lipinski definition) is 15. The Morgan fingerprint density at radius 1 is 0.964 bits per heavy atom. The molecule has 55 heavy (non-hydrogen) atoms. The average molecular weight is 789 g/mol. The van der Waals surface area contributed by atoms with Crippen molar-refractivity contribution in [3.8, 4) is 0 Å². The lowest BCUT2D eigenvalue weighted by Gasteiger charge is -2.50. The molecule has 15 heteroatoms. The SMILES string of the molecule is C=CCO[C@]1(C)C[C@@H](C)/C(=N\O)[C@H](C)[C@@H](O)[C@](C)(O)[C@@H](CC)OC(=O)[C@H](C)[C@@H](O[C@H]2C[C@@](C)(OC)[C@@H](O)[C@H](C)O2)[C@H](C)[C@H]1O[C@@H]1O[C@H](C)C[C@H](N(C)C)[C@H]1O. The molecule has 0 bridgehead atoms. The van der Waals surface area contributed by atoms with Crippen molar-refractivity contribution in [3.05, 3.63) is 12.7 Å². The molecule has 5 N–H and O–H groups in total. The zero-order valence-electron chi connectivity index (χ0n) is 35.4. The number of carbonyl (C=O) groups is 1. The van der Waals surface area contributed by atoms with Gasteiger partial charge in [-0.3, -0.25) is 4.79 Å². The second kappa shape index (κ2) is 19.3. The van der Waals surface area contributed by atoms with Crippen LogP contribution in [0.3, 0.4) is 0 Å². The third-order valence-corrected chi connectivity index (χ3v) is 12.5. The van der Waals surface area contributed by atoms with Crippen LogP contribution in [0.4, 0.5) is 0 Å².